The van der Waals surface area contributed by atoms with Crippen LogP contribution in [0.25, 0.3) is 0 Å². The summed E-state index contributed by atoms with van der Waals surface area (Å²) in [6, 6.07) is 0.597. The molecule has 1 fully saturated rings. The molecular weight excluding hydrogens is 254 g/mol. The number of aryl methyl sites for hydroxylation is 2. The van der Waals surface area contributed by atoms with Crippen molar-refractivity contribution in [2.24, 2.45) is 5.73 Å². The van der Waals surface area contributed by atoms with E-state index in [4.69, 9.17) is 10.3 Å². The van der Waals surface area contributed by atoms with E-state index in [9.17, 15) is 4.79 Å². The minimum absolute atomic E-state index is 0.0589. The Balaban J connectivity index is 2.18. The van der Waals surface area contributed by atoms with Gasteiger partial charge in [-0.05, 0) is 46.0 Å². The number of nitrogens with zero attached hydrogens (tertiary/aromatic N) is 2. The van der Waals surface area contributed by atoms with Crippen LogP contribution in [0.3, 0.4) is 0 Å². The molecule has 1 saturated carbocycles. The second-order valence-electron chi connectivity index (χ2n) is 5.77. The summed E-state index contributed by atoms with van der Waals surface area (Å²) in [5.41, 5.74) is 7.28. The molecule has 1 aromatic heterocycles. The molecule has 0 aliphatic heterocycles. The van der Waals surface area contributed by atoms with Gasteiger partial charge < -0.3 is 15.2 Å². The number of carbonyl (C=O) groups excluding carboxylic acids is 1. The molecule has 0 spiro atoms. The van der Waals surface area contributed by atoms with Gasteiger partial charge in [-0.15, -0.1) is 0 Å². The van der Waals surface area contributed by atoms with Crippen LogP contribution in [-0.2, 0) is 0 Å². The third-order valence-corrected chi connectivity index (χ3v) is 4.15. The molecule has 0 unspecified atom stereocenters. The number of aromatic nitrogens is 1. The van der Waals surface area contributed by atoms with E-state index in [-0.39, 0.29) is 5.91 Å². The second-order valence-corrected chi connectivity index (χ2v) is 5.77. The average molecular weight is 279 g/mol. The topological polar surface area (TPSA) is 72.4 Å². The van der Waals surface area contributed by atoms with Gasteiger partial charge in [0.1, 0.15) is 11.3 Å². The van der Waals surface area contributed by atoms with Gasteiger partial charge in [-0.2, -0.15) is 0 Å². The lowest BCUT2D eigenvalue weighted by Gasteiger charge is -2.36. The first-order chi connectivity index (χ1) is 9.54. The van der Waals surface area contributed by atoms with Crippen molar-refractivity contribution in [2.75, 3.05) is 6.54 Å². The van der Waals surface area contributed by atoms with Gasteiger partial charge in [0.2, 0.25) is 0 Å². The van der Waals surface area contributed by atoms with Crippen molar-refractivity contribution in [1.29, 1.82) is 0 Å². The number of nitrogens with two attached hydrogens (primary N) is 1. The van der Waals surface area contributed by atoms with Crippen LogP contribution in [0, 0.1) is 13.8 Å². The van der Waals surface area contributed by atoms with E-state index >= 15 is 0 Å². The first-order valence-electron chi connectivity index (χ1n) is 7.54. The average Bonchev–Trinajstić information content (AvgIpc) is 2.76. The lowest BCUT2D eigenvalue weighted by Crippen LogP contribution is -2.44. The molecule has 0 atom stereocenters. The zero-order valence-electron chi connectivity index (χ0n) is 12.7. The summed E-state index contributed by atoms with van der Waals surface area (Å²) < 4.78 is 5.13. The predicted molar refractivity (Wildman–Crippen MR) is 77.5 cm³/mol. The van der Waals surface area contributed by atoms with Crippen LogP contribution in [0.1, 0.15) is 60.8 Å². The molecular formula is C15H25N3O2. The van der Waals surface area contributed by atoms with Crippen molar-refractivity contribution in [1.82, 2.24) is 10.1 Å². The largest absolute Gasteiger partial charge is 0.361 e. The maximum atomic E-state index is 12.8. The number of amides is 1. The third-order valence-electron chi connectivity index (χ3n) is 4.15. The summed E-state index contributed by atoms with van der Waals surface area (Å²) in [6.07, 6.45) is 4.95. The highest BCUT2D eigenvalue weighted by Gasteiger charge is 2.30. The summed E-state index contributed by atoms with van der Waals surface area (Å²) in [6.45, 7) is 6.50. The fourth-order valence-electron chi connectivity index (χ4n) is 3.04. The predicted octanol–water partition coefficient (Wildman–Crippen LogP) is 2.41. The van der Waals surface area contributed by atoms with Crippen molar-refractivity contribution in [3.8, 4) is 0 Å². The molecule has 112 valence electrons. The number of hydrogen-bond donors (Lipinski definition) is 1. The maximum Gasteiger partial charge on any atom is 0.259 e. The van der Waals surface area contributed by atoms with Crippen molar-refractivity contribution < 1.29 is 9.32 Å². The van der Waals surface area contributed by atoms with Crippen molar-refractivity contribution >= 4 is 5.91 Å². The highest BCUT2D eigenvalue weighted by atomic mass is 16.5. The first-order valence-corrected chi connectivity index (χ1v) is 7.54. The quantitative estimate of drug-likeness (QED) is 0.918. The molecule has 2 rings (SSSR count). The van der Waals surface area contributed by atoms with E-state index in [1.807, 2.05) is 11.8 Å². The molecule has 1 aliphatic carbocycles. The van der Waals surface area contributed by atoms with Gasteiger partial charge in [0.05, 0.1) is 5.69 Å². The van der Waals surface area contributed by atoms with E-state index in [0.29, 0.717) is 29.1 Å². The standard InChI is InChI=1S/C15H25N3O2/c1-4-9-18(13-7-5-12(16)6-8-13)15(19)14-10(2)17-20-11(14)3/h12-13H,4-9,16H2,1-3H3. The van der Waals surface area contributed by atoms with Gasteiger partial charge in [-0.1, -0.05) is 12.1 Å². The Bertz CT molecular complexity index is 442. The fraction of sp³-hybridized carbons (Fsp3) is 0.733. The molecule has 1 heterocycles. The van der Waals surface area contributed by atoms with E-state index in [0.717, 1.165) is 38.6 Å². The molecule has 0 aromatic carbocycles. The van der Waals surface area contributed by atoms with Crippen LogP contribution in [0.15, 0.2) is 4.52 Å². The van der Waals surface area contributed by atoms with Gasteiger partial charge in [0.15, 0.2) is 0 Å². The SMILES string of the molecule is CCCN(C(=O)c1c(C)noc1C)C1CCC(N)CC1. The lowest BCUT2D eigenvalue weighted by atomic mass is 9.90. The van der Waals surface area contributed by atoms with E-state index < -0.39 is 0 Å². The van der Waals surface area contributed by atoms with Crippen LogP contribution < -0.4 is 5.73 Å². The summed E-state index contributed by atoms with van der Waals surface area (Å²) in [4.78, 5) is 14.8. The number of hydrogen-bond acceptors (Lipinski definition) is 4. The highest BCUT2D eigenvalue weighted by molar-refractivity contribution is 5.96. The van der Waals surface area contributed by atoms with Gasteiger partial charge in [-0.25, -0.2) is 0 Å². The molecule has 1 aliphatic rings. The van der Waals surface area contributed by atoms with Crippen molar-refractivity contribution in [3.05, 3.63) is 17.0 Å². The van der Waals surface area contributed by atoms with Crippen molar-refractivity contribution in [3.63, 3.8) is 0 Å². The second kappa shape index (κ2) is 6.39. The Morgan fingerprint density at radius 3 is 2.50 bits per heavy atom. The van der Waals surface area contributed by atoms with Crippen LogP contribution in [0.4, 0.5) is 0 Å². The van der Waals surface area contributed by atoms with Crippen LogP contribution in [-0.4, -0.2) is 34.6 Å². The number of rotatable bonds is 4. The highest BCUT2D eigenvalue weighted by Crippen LogP contribution is 2.25. The zero-order valence-corrected chi connectivity index (χ0v) is 12.7. The minimum Gasteiger partial charge on any atom is -0.361 e. The summed E-state index contributed by atoms with van der Waals surface area (Å²) in [7, 11) is 0. The molecule has 0 saturated heterocycles. The normalized spacial score (nSPS) is 22.8. The Kier molecular flexibility index (Phi) is 4.81. The molecule has 20 heavy (non-hydrogen) atoms. The molecule has 0 bridgehead atoms. The molecule has 5 heteroatoms. The zero-order chi connectivity index (χ0) is 14.7. The van der Waals surface area contributed by atoms with E-state index in [1.165, 1.54) is 0 Å². The smallest absolute Gasteiger partial charge is 0.259 e. The van der Waals surface area contributed by atoms with Gasteiger partial charge in [0.25, 0.3) is 5.91 Å². The van der Waals surface area contributed by atoms with Gasteiger partial charge in [-0.3, -0.25) is 4.79 Å². The van der Waals surface area contributed by atoms with Crippen LogP contribution >= 0.6 is 0 Å². The maximum absolute atomic E-state index is 12.8. The van der Waals surface area contributed by atoms with Crippen LogP contribution in [0.5, 0.6) is 0 Å². The summed E-state index contributed by atoms with van der Waals surface area (Å²) >= 11 is 0. The molecule has 5 nitrogen and oxygen atoms in total. The summed E-state index contributed by atoms with van der Waals surface area (Å²) in [5.74, 6) is 0.671. The molecule has 2 N–H and O–H groups in total. The minimum atomic E-state index is 0.0589. The molecule has 1 amide bonds. The Hall–Kier alpha value is -1.36. The molecule has 0 radical (unpaired) electrons. The monoisotopic (exact) mass is 279 g/mol. The molecule has 1 aromatic rings. The Morgan fingerprint density at radius 2 is 2.00 bits per heavy atom. The van der Waals surface area contributed by atoms with E-state index in [1.54, 1.807) is 6.92 Å². The third kappa shape index (κ3) is 3.03. The van der Waals surface area contributed by atoms with E-state index in [2.05, 4.69) is 12.1 Å². The lowest BCUT2D eigenvalue weighted by molar-refractivity contribution is 0.0624. The number of carbonyl (C=O) groups is 1. The van der Waals surface area contributed by atoms with Crippen LogP contribution in [0.2, 0.25) is 0 Å². The fourth-order valence-corrected chi connectivity index (χ4v) is 3.04. The Labute approximate surface area is 120 Å². The van der Waals surface area contributed by atoms with Gasteiger partial charge in [0, 0.05) is 18.6 Å². The first kappa shape index (κ1) is 15.0. The Morgan fingerprint density at radius 1 is 1.35 bits per heavy atom. The van der Waals surface area contributed by atoms with Gasteiger partial charge >= 0.3 is 0 Å². The summed E-state index contributed by atoms with van der Waals surface area (Å²) in [5, 5.41) is 3.89. The van der Waals surface area contributed by atoms with Crippen molar-refractivity contribution in [2.45, 2.75) is 65.0 Å².